The van der Waals surface area contributed by atoms with Crippen molar-refractivity contribution in [3.63, 3.8) is 0 Å². The van der Waals surface area contributed by atoms with Crippen molar-refractivity contribution in [3.05, 3.63) is 66.0 Å². The molecule has 2 atom stereocenters. The third kappa shape index (κ3) is 3.46. The molecule has 1 unspecified atom stereocenters. The van der Waals surface area contributed by atoms with Crippen LogP contribution in [0.15, 0.2) is 54.9 Å². The zero-order chi connectivity index (χ0) is 15.4. The lowest BCUT2D eigenvalue weighted by atomic mass is 9.99. The largest absolute Gasteiger partial charge is 0.788 e. The van der Waals surface area contributed by atoms with E-state index in [2.05, 4.69) is 4.98 Å². The Hall–Kier alpha value is -1.48. The number of nitrogens with zero attached hydrogens (tertiary/aromatic N) is 2. The lowest BCUT2D eigenvalue weighted by molar-refractivity contribution is -0.191. The van der Waals surface area contributed by atoms with E-state index >= 15 is 0 Å². The molecule has 0 radical (unpaired) electrons. The van der Waals surface area contributed by atoms with Crippen molar-refractivity contribution in [2.24, 2.45) is 0 Å². The van der Waals surface area contributed by atoms with Crippen molar-refractivity contribution in [1.82, 2.24) is 9.65 Å². The first kappa shape index (κ1) is 15.4. The molecule has 0 bridgehead atoms. The molecule has 1 aliphatic heterocycles. The minimum atomic E-state index is -3.66. The van der Waals surface area contributed by atoms with Crippen LogP contribution in [0.25, 0.3) is 0 Å². The number of piperidine rings is 1. The van der Waals surface area contributed by atoms with Gasteiger partial charge in [-0.25, -0.2) is 0 Å². The van der Waals surface area contributed by atoms with E-state index in [0.29, 0.717) is 6.54 Å². The standard InChI is InChI=1S/C17H21N2O2P/c20-22(21,14-15-7-2-1-3-8-15)19-12-5-4-10-17(19)16-9-6-11-18-13-16/h1-3,6-9,11,13,17H,4-5,10,12,14H2,(H,20,21)/p-1/t17-/m1/s1. The van der Waals surface area contributed by atoms with Gasteiger partial charge in [0, 0.05) is 31.1 Å². The Morgan fingerprint density at radius 3 is 2.73 bits per heavy atom. The molecule has 1 fully saturated rings. The fourth-order valence-corrected chi connectivity index (χ4v) is 5.07. The van der Waals surface area contributed by atoms with Crippen LogP contribution in [0.2, 0.25) is 0 Å². The van der Waals surface area contributed by atoms with Crippen LogP contribution in [0.5, 0.6) is 0 Å². The van der Waals surface area contributed by atoms with Crippen LogP contribution < -0.4 is 4.89 Å². The van der Waals surface area contributed by atoms with Gasteiger partial charge in [-0.3, -0.25) is 9.65 Å². The van der Waals surface area contributed by atoms with Gasteiger partial charge in [0.05, 0.1) is 7.52 Å². The van der Waals surface area contributed by atoms with Gasteiger partial charge in [-0.1, -0.05) is 42.8 Å². The first-order valence-electron chi connectivity index (χ1n) is 7.68. The lowest BCUT2D eigenvalue weighted by Crippen LogP contribution is -2.35. The quantitative estimate of drug-likeness (QED) is 0.812. The van der Waals surface area contributed by atoms with Crippen molar-refractivity contribution in [3.8, 4) is 0 Å². The molecule has 5 heteroatoms. The topological polar surface area (TPSA) is 56.3 Å². The van der Waals surface area contributed by atoms with Crippen LogP contribution in [0.1, 0.15) is 36.4 Å². The Morgan fingerprint density at radius 2 is 2.00 bits per heavy atom. The van der Waals surface area contributed by atoms with Crippen LogP contribution in [0.4, 0.5) is 0 Å². The van der Waals surface area contributed by atoms with E-state index in [1.807, 2.05) is 42.5 Å². The SMILES string of the molecule is O=P([O-])(Cc1ccccc1)N1CCCC[C@@H]1c1cccnc1. The van der Waals surface area contributed by atoms with Gasteiger partial charge in [0.25, 0.3) is 0 Å². The van der Waals surface area contributed by atoms with Crippen molar-refractivity contribution < 1.29 is 9.46 Å². The summed E-state index contributed by atoms with van der Waals surface area (Å²) in [6, 6.07) is 13.2. The summed E-state index contributed by atoms with van der Waals surface area (Å²) in [6.07, 6.45) is 6.44. The molecule has 0 N–H and O–H groups in total. The molecule has 0 saturated carbocycles. The molecular weight excluding hydrogens is 295 g/mol. The molecule has 0 aliphatic carbocycles. The van der Waals surface area contributed by atoms with Crippen molar-refractivity contribution in [2.45, 2.75) is 31.5 Å². The second-order valence-electron chi connectivity index (χ2n) is 5.74. The first-order valence-corrected chi connectivity index (χ1v) is 9.44. The first-order chi connectivity index (χ1) is 10.7. The summed E-state index contributed by atoms with van der Waals surface area (Å²) in [5, 5.41) is 0. The van der Waals surface area contributed by atoms with Crippen LogP contribution in [-0.4, -0.2) is 16.2 Å². The summed E-state index contributed by atoms with van der Waals surface area (Å²) >= 11 is 0. The second-order valence-corrected chi connectivity index (χ2v) is 7.85. The predicted octanol–water partition coefficient (Wildman–Crippen LogP) is 3.36. The summed E-state index contributed by atoms with van der Waals surface area (Å²) in [5.41, 5.74) is 1.84. The highest BCUT2D eigenvalue weighted by Gasteiger charge is 2.31. The van der Waals surface area contributed by atoms with Gasteiger partial charge >= 0.3 is 0 Å². The Balaban J connectivity index is 1.85. The van der Waals surface area contributed by atoms with E-state index in [0.717, 1.165) is 30.4 Å². The maximum Gasteiger partial charge on any atom is 0.0844 e. The molecule has 22 heavy (non-hydrogen) atoms. The molecule has 2 aromatic rings. The lowest BCUT2D eigenvalue weighted by Gasteiger charge is -2.44. The Bertz CT molecular complexity index is 648. The summed E-state index contributed by atoms with van der Waals surface area (Å²) in [6.45, 7) is 0.604. The fraction of sp³-hybridized carbons (Fsp3) is 0.353. The van der Waals surface area contributed by atoms with Crippen molar-refractivity contribution in [1.29, 1.82) is 0 Å². The highest BCUT2D eigenvalue weighted by molar-refractivity contribution is 7.53. The zero-order valence-electron chi connectivity index (χ0n) is 12.5. The number of hydrogen-bond acceptors (Lipinski definition) is 3. The maximum absolute atomic E-state index is 12.9. The summed E-state index contributed by atoms with van der Waals surface area (Å²) in [7, 11) is -3.66. The molecule has 1 aromatic heterocycles. The second kappa shape index (κ2) is 6.74. The molecule has 116 valence electrons. The number of hydrogen-bond donors (Lipinski definition) is 0. The minimum absolute atomic E-state index is 0.0745. The van der Waals surface area contributed by atoms with Gasteiger partial charge in [0.15, 0.2) is 0 Å². The molecule has 1 aliphatic rings. The zero-order valence-corrected chi connectivity index (χ0v) is 13.4. The van der Waals surface area contributed by atoms with Crippen LogP contribution in [0, 0.1) is 0 Å². The molecule has 4 nitrogen and oxygen atoms in total. The van der Waals surface area contributed by atoms with E-state index in [1.54, 1.807) is 17.1 Å². The highest BCUT2D eigenvalue weighted by atomic mass is 31.2. The molecule has 1 saturated heterocycles. The molecule has 3 rings (SSSR count). The average molecular weight is 315 g/mol. The third-order valence-electron chi connectivity index (χ3n) is 4.16. The van der Waals surface area contributed by atoms with Gasteiger partial charge in [0.1, 0.15) is 0 Å². The number of aromatic nitrogens is 1. The predicted molar refractivity (Wildman–Crippen MR) is 85.3 cm³/mol. The molecule has 0 spiro atoms. The van der Waals surface area contributed by atoms with Crippen LogP contribution >= 0.6 is 7.52 Å². The molecule has 2 heterocycles. The van der Waals surface area contributed by atoms with E-state index < -0.39 is 7.52 Å². The molecule has 1 aromatic carbocycles. The number of pyridine rings is 1. The maximum atomic E-state index is 12.9. The smallest absolute Gasteiger partial charge is 0.0844 e. The van der Waals surface area contributed by atoms with E-state index in [1.165, 1.54) is 0 Å². The van der Waals surface area contributed by atoms with E-state index in [9.17, 15) is 9.46 Å². The average Bonchev–Trinajstić information content (AvgIpc) is 2.56. The fourth-order valence-electron chi connectivity index (χ4n) is 3.10. The van der Waals surface area contributed by atoms with Gasteiger partial charge in [-0.05, 0) is 30.0 Å². The molecule has 0 amide bonds. The summed E-state index contributed by atoms with van der Waals surface area (Å²) in [4.78, 5) is 17.0. The van der Waals surface area contributed by atoms with Gasteiger partial charge in [-0.2, -0.15) is 0 Å². The normalized spacial score (nSPS) is 22.1. The van der Waals surface area contributed by atoms with Crippen molar-refractivity contribution >= 4 is 7.52 Å². The number of rotatable bonds is 4. The Labute approximate surface area is 131 Å². The van der Waals surface area contributed by atoms with Gasteiger partial charge in [0.2, 0.25) is 0 Å². The molecular formula is C17H20N2O2P-. The Kier molecular flexibility index (Phi) is 4.72. The van der Waals surface area contributed by atoms with Gasteiger partial charge < -0.3 is 9.46 Å². The van der Waals surface area contributed by atoms with Gasteiger partial charge in [-0.15, -0.1) is 0 Å². The van der Waals surface area contributed by atoms with Crippen LogP contribution in [-0.2, 0) is 10.7 Å². The van der Waals surface area contributed by atoms with Crippen LogP contribution in [0.3, 0.4) is 0 Å². The number of benzene rings is 1. The third-order valence-corrected chi connectivity index (χ3v) is 6.19. The monoisotopic (exact) mass is 315 g/mol. The summed E-state index contributed by atoms with van der Waals surface area (Å²) < 4.78 is 14.6. The highest BCUT2D eigenvalue weighted by Crippen LogP contribution is 2.52. The van der Waals surface area contributed by atoms with E-state index in [4.69, 9.17) is 0 Å². The summed E-state index contributed by atoms with van der Waals surface area (Å²) in [5.74, 6) is 0. The van der Waals surface area contributed by atoms with Crippen molar-refractivity contribution in [2.75, 3.05) is 6.54 Å². The van der Waals surface area contributed by atoms with E-state index in [-0.39, 0.29) is 12.2 Å². The minimum Gasteiger partial charge on any atom is -0.788 e. The Morgan fingerprint density at radius 1 is 1.18 bits per heavy atom.